The number of halogens is 1. The first kappa shape index (κ1) is 16.7. The third kappa shape index (κ3) is 3.94. The average Bonchev–Trinajstić information content (AvgIpc) is 2.50. The summed E-state index contributed by atoms with van der Waals surface area (Å²) >= 11 is 6.05. The zero-order valence-corrected chi connectivity index (χ0v) is 13.6. The predicted octanol–water partition coefficient (Wildman–Crippen LogP) is 2.39. The average molecular weight is 326 g/mol. The molecule has 1 saturated heterocycles. The van der Waals surface area contributed by atoms with Gasteiger partial charge < -0.3 is 9.64 Å². The van der Waals surface area contributed by atoms with Crippen LogP contribution in [0.5, 0.6) is 0 Å². The van der Waals surface area contributed by atoms with Crippen molar-refractivity contribution in [2.75, 3.05) is 13.2 Å². The van der Waals surface area contributed by atoms with Crippen LogP contribution in [0, 0.1) is 6.92 Å². The molecule has 6 nitrogen and oxygen atoms in total. The topological polar surface area (TPSA) is 72.4 Å². The molecule has 1 aliphatic heterocycles. The first-order valence-corrected chi connectivity index (χ1v) is 7.86. The van der Waals surface area contributed by atoms with Gasteiger partial charge in [-0.25, -0.2) is 9.97 Å². The van der Waals surface area contributed by atoms with E-state index in [1.54, 1.807) is 18.7 Å². The van der Waals surface area contributed by atoms with Gasteiger partial charge in [-0.3, -0.25) is 9.59 Å². The van der Waals surface area contributed by atoms with E-state index in [1.165, 1.54) is 6.20 Å². The Hall–Kier alpha value is -1.69. The molecule has 0 radical (unpaired) electrons. The second-order valence-electron chi connectivity index (χ2n) is 5.27. The minimum absolute atomic E-state index is 0.161. The SMILES string of the molecule is CCOC(=O)C[C@@H]1CCCCN1C(=O)c1nc(C)ncc1Cl. The van der Waals surface area contributed by atoms with Crippen LogP contribution in [0.2, 0.25) is 5.02 Å². The largest absolute Gasteiger partial charge is 0.466 e. The Kier molecular flexibility index (Phi) is 5.71. The van der Waals surface area contributed by atoms with Crippen LogP contribution in [0.1, 0.15) is 48.9 Å². The van der Waals surface area contributed by atoms with Crippen LogP contribution in [0.3, 0.4) is 0 Å². The molecule has 0 aromatic carbocycles. The lowest BCUT2D eigenvalue weighted by Gasteiger charge is -2.35. The molecular formula is C15H20ClN3O3. The zero-order chi connectivity index (χ0) is 16.1. The van der Waals surface area contributed by atoms with E-state index >= 15 is 0 Å². The summed E-state index contributed by atoms with van der Waals surface area (Å²) in [5, 5.41) is 0.232. The lowest BCUT2D eigenvalue weighted by atomic mass is 9.99. The van der Waals surface area contributed by atoms with Crippen LogP contribution in [-0.2, 0) is 9.53 Å². The zero-order valence-electron chi connectivity index (χ0n) is 12.8. The van der Waals surface area contributed by atoms with Gasteiger partial charge in [0.2, 0.25) is 0 Å². The summed E-state index contributed by atoms with van der Waals surface area (Å²) in [5.74, 6) is -0.0339. The van der Waals surface area contributed by atoms with Gasteiger partial charge in [-0.15, -0.1) is 0 Å². The monoisotopic (exact) mass is 325 g/mol. The van der Waals surface area contributed by atoms with Crippen molar-refractivity contribution in [2.24, 2.45) is 0 Å². The van der Waals surface area contributed by atoms with Gasteiger partial charge in [-0.1, -0.05) is 11.6 Å². The highest BCUT2D eigenvalue weighted by atomic mass is 35.5. The van der Waals surface area contributed by atoms with Crippen LogP contribution >= 0.6 is 11.6 Å². The quantitative estimate of drug-likeness (QED) is 0.795. The fourth-order valence-corrected chi connectivity index (χ4v) is 2.81. The van der Waals surface area contributed by atoms with Gasteiger partial charge >= 0.3 is 5.97 Å². The molecule has 1 aromatic heterocycles. The molecule has 0 spiro atoms. The second-order valence-corrected chi connectivity index (χ2v) is 5.68. The molecule has 0 aliphatic carbocycles. The molecule has 0 saturated carbocycles. The number of carbonyl (C=O) groups excluding carboxylic acids is 2. The van der Waals surface area contributed by atoms with Crippen LogP contribution in [0.15, 0.2) is 6.20 Å². The third-order valence-electron chi connectivity index (χ3n) is 3.66. The number of aromatic nitrogens is 2. The number of hydrogen-bond donors (Lipinski definition) is 0. The summed E-state index contributed by atoms with van der Waals surface area (Å²) in [7, 11) is 0. The highest BCUT2D eigenvalue weighted by Gasteiger charge is 2.31. The third-order valence-corrected chi connectivity index (χ3v) is 3.94. The van der Waals surface area contributed by atoms with E-state index in [2.05, 4.69) is 9.97 Å². The van der Waals surface area contributed by atoms with Crippen molar-refractivity contribution in [2.45, 2.75) is 45.6 Å². The van der Waals surface area contributed by atoms with Crippen molar-refractivity contribution >= 4 is 23.5 Å². The van der Waals surface area contributed by atoms with Crippen molar-refractivity contribution in [3.05, 3.63) is 22.7 Å². The molecule has 1 atom stereocenters. The number of likely N-dealkylation sites (tertiary alicyclic amines) is 1. The molecule has 1 aromatic rings. The Labute approximate surface area is 134 Å². The maximum Gasteiger partial charge on any atom is 0.307 e. The summed E-state index contributed by atoms with van der Waals surface area (Å²) in [4.78, 5) is 34.3. The minimum Gasteiger partial charge on any atom is -0.466 e. The number of hydrogen-bond acceptors (Lipinski definition) is 5. The fourth-order valence-electron chi connectivity index (χ4n) is 2.63. The first-order valence-electron chi connectivity index (χ1n) is 7.48. The van der Waals surface area contributed by atoms with Gasteiger partial charge in [0.1, 0.15) is 5.82 Å². The summed E-state index contributed by atoms with van der Waals surface area (Å²) in [6.45, 7) is 4.42. The number of esters is 1. The summed E-state index contributed by atoms with van der Waals surface area (Å²) in [6.07, 6.45) is 4.33. The molecular weight excluding hydrogens is 306 g/mol. The van der Waals surface area contributed by atoms with Crippen molar-refractivity contribution in [3.8, 4) is 0 Å². The maximum atomic E-state index is 12.7. The number of carbonyl (C=O) groups is 2. The van der Waals surface area contributed by atoms with Crippen molar-refractivity contribution in [1.29, 1.82) is 0 Å². The molecule has 0 unspecified atom stereocenters. The van der Waals surface area contributed by atoms with Crippen LogP contribution in [0.4, 0.5) is 0 Å². The summed E-state index contributed by atoms with van der Waals surface area (Å²) < 4.78 is 4.99. The van der Waals surface area contributed by atoms with Crippen LogP contribution in [-0.4, -0.2) is 45.9 Å². The van der Waals surface area contributed by atoms with Gasteiger partial charge in [0.15, 0.2) is 5.69 Å². The van der Waals surface area contributed by atoms with Crippen LogP contribution < -0.4 is 0 Å². The Morgan fingerprint density at radius 3 is 2.95 bits per heavy atom. The molecule has 1 amide bonds. The second kappa shape index (κ2) is 7.54. The normalized spacial score (nSPS) is 18.1. The van der Waals surface area contributed by atoms with Gasteiger partial charge in [0.05, 0.1) is 24.2 Å². The van der Waals surface area contributed by atoms with Gasteiger partial charge in [0.25, 0.3) is 5.91 Å². The summed E-state index contributed by atoms with van der Waals surface area (Å²) in [6, 6.07) is -0.161. The lowest BCUT2D eigenvalue weighted by molar-refractivity contribution is -0.144. The van der Waals surface area contributed by atoms with Crippen LogP contribution in [0.25, 0.3) is 0 Å². The van der Waals surface area contributed by atoms with E-state index in [-0.39, 0.29) is 35.1 Å². The molecule has 120 valence electrons. The van der Waals surface area contributed by atoms with Crippen molar-refractivity contribution in [1.82, 2.24) is 14.9 Å². The lowest BCUT2D eigenvalue weighted by Crippen LogP contribution is -2.45. The number of amides is 1. The number of piperidine rings is 1. The van der Waals surface area contributed by atoms with Crippen molar-refractivity contribution < 1.29 is 14.3 Å². The number of ether oxygens (including phenoxy) is 1. The van der Waals surface area contributed by atoms with E-state index in [4.69, 9.17) is 16.3 Å². The standard InChI is InChI=1S/C15H20ClN3O3/c1-3-22-13(20)8-11-6-4-5-7-19(11)15(21)14-12(16)9-17-10(2)18-14/h9,11H,3-8H2,1-2H3/t11-/m0/s1. The van der Waals surface area contributed by atoms with Gasteiger partial charge in [-0.05, 0) is 33.1 Å². The smallest absolute Gasteiger partial charge is 0.307 e. The van der Waals surface area contributed by atoms with E-state index in [1.807, 2.05) is 0 Å². The predicted molar refractivity (Wildman–Crippen MR) is 81.7 cm³/mol. The Morgan fingerprint density at radius 1 is 1.45 bits per heavy atom. The minimum atomic E-state index is -0.280. The number of aryl methyl sites for hydroxylation is 1. The molecule has 2 heterocycles. The Morgan fingerprint density at radius 2 is 2.23 bits per heavy atom. The Bertz CT molecular complexity index is 565. The number of rotatable bonds is 4. The van der Waals surface area contributed by atoms with Gasteiger partial charge in [0, 0.05) is 12.6 Å². The molecule has 7 heteroatoms. The van der Waals surface area contributed by atoms with E-state index in [9.17, 15) is 9.59 Å². The van der Waals surface area contributed by atoms with Gasteiger partial charge in [-0.2, -0.15) is 0 Å². The maximum absolute atomic E-state index is 12.7. The molecule has 0 N–H and O–H groups in total. The van der Waals surface area contributed by atoms with E-state index in [0.717, 1.165) is 19.3 Å². The Balaban J connectivity index is 2.17. The fraction of sp³-hybridized carbons (Fsp3) is 0.600. The van der Waals surface area contributed by atoms with Crippen molar-refractivity contribution in [3.63, 3.8) is 0 Å². The molecule has 22 heavy (non-hydrogen) atoms. The summed E-state index contributed by atoms with van der Waals surface area (Å²) in [5.41, 5.74) is 0.199. The molecule has 1 fully saturated rings. The molecule has 1 aliphatic rings. The van der Waals surface area contributed by atoms with E-state index in [0.29, 0.717) is 19.0 Å². The molecule has 0 bridgehead atoms. The highest BCUT2D eigenvalue weighted by molar-refractivity contribution is 6.33. The highest BCUT2D eigenvalue weighted by Crippen LogP contribution is 2.24. The van der Waals surface area contributed by atoms with E-state index < -0.39 is 0 Å². The first-order chi connectivity index (χ1) is 10.5. The molecule has 2 rings (SSSR count). The number of nitrogens with zero attached hydrogens (tertiary/aromatic N) is 3.